The molecule has 2 rings (SSSR count). The van der Waals surface area contributed by atoms with E-state index in [-0.39, 0.29) is 17.3 Å². The lowest BCUT2D eigenvalue weighted by molar-refractivity contribution is 0.312. The summed E-state index contributed by atoms with van der Waals surface area (Å²) in [7, 11) is 0. The molecule has 0 aliphatic carbocycles. The fourth-order valence-corrected chi connectivity index (χ4v) is 2.21. The molecule has 1 unspecified atom stereocenters. The minimum absolute atomic E-state index is 0.0282. The zero-order valence-electron chi connectivity index (χ0n) is 11.1. The fraction of sp³-hybridized carbons (Fsp3) is 0.308. The SMILES string of the molecule is CCOc1nc(Cl)nc(NC(C)c2cccc(Br)c2)n1. The molecule has 1 aromatic carbocycles. The summed E-state index contributed by atoms with van der Waals surface area (Å²) in [6.07, 6.45) is 0. The molecule has 0 aliphatic heterocycles. The van der Waals surface area contributed by atoms with Crippen molar-refractivity contribution in [3.63, 3.8) is 0 Å². The van der Waals surface area contributed by atoms with E-state index in [4.69, 9.17) is 16.3 Å². The Morgan fingerprint density at radius 3 is 2.85 bits per heavy atom. The summed E-state index contributed by atoms with van der Waals surface area (Å²) in [4.78, 5) is 12.1. The summed E-state index contributed by atoms with van der Waals surface area (Å²) in [5, 5.41) is 3.28. The molecule has 106 valence electrons. The Hall–Kier alpha value is -1.40. The zero-order chi connectivity index (χ0) is 14.5. The van der Waals surface area contributed by atoms with Crippen LogP contribution in [-0.2, 0) is 0 Å². The minimum Gasteiger partial charge on any atom is -0.464 e. The minimum atomic E-state index is 0.0282. The molecule has 1 heterocycles. The molecule has 0 radical (unpaired) electrons. The Labute approximate surface area is 130 Å². The van der Waals surface area contributed by atoms with Crippen LogP contribution < -0.4 is 10.1 Å². The van der Waals surface area contributed by atoms with Crippen molar-refractivity contribution in [2.24, 2.45) is 0 Å². The van der Waals surface area contributed by atoms with Crippen LogP contribution in [0.3, 0.4) is 0 Å². The highest BCUT2D eigenvalue weighted by molar-refractivity contribution is 9.10. The van der Waals surface area contributed by atoms with Crippen molar-refractivity contribution in [3.8, 4) is 6.01 Å². The van der Waals surface area contributed by atoms with Gasteiger partial charge in [-0.1, -0.05) is 28.1 Å². The van der Waals surface area contributed by atoms with E-state index in [1.165, 1.54) is 0 Å². The highest BCUT2D eigenvalue weighted by Gasteiger charge is 2.10. The van der Waals surface area contributed by atoms with Gasteiger partial charge in [0.2, 0.25) is 11.2 Å². The number of hydrogen-bond donors (Lipinski definition) is 1. The average molecular weight is 358 g/mol. The molecular formula is C13H14BrClN4O. The normalized spacial score (nSPS) is 12.0. The molecule has 0 aliphatic rings. The molecule has 1 aromatic heterocycles. The van der Waals surface area contributed by atoms with Gasteiger partial charge in [0.15, 0.2) is 0 Å². The summed E-state index contributed by atoms with van der Waals surface area (Å²) in [6.45, 7) is 4.34. The molecular weight excluding hydrogens is 344 g/mol. The molecule has 0 fully saturated rings. The van der Waals surface area contributed by atoms with Gasteiger partial charge in [-0.15, -0.1) is 0 Å². The highest BCUT2D eigenvalue weighted by atomic mass is 79.9. The maximum atomic E-state index is 5.85. The Morgan fingerprint density at radius 1 is 1.35 bits per heavy atom. The molecule has 1 atom stereocenters. The largest absolute Gasteiger partial charge is 0.464 e. The van der Waals surface area contributed by atoms with Crippen LogP contribution in [0.2, 0.25) is 5.28 Å². The summed E-state index contributed by atoms with van der Waals surface area (Å²) < 4.78 is 6.26. The zero-order valence-corrected chi connectivity index (χ0v) is 13.4. The van der Waals surface area contributed by atoms with E-state index in [0.29, 0.717) is 12.6 Å². The molecule has 20 heavy (non-hydrogen) atoms. The monoisotopic (exact) mass is 356 g/mol. The predicted octanol–water partition coefficient (Wildman–Crippen LogP) is 3.86. The van der Waals surface area contributed by atoms with Crippen LogP contribution in [-0.4, -0.2) is 21.6 Å². The van der Waals surface area contributed by atoms with Gasteiger partial charge in [-0.3, -0.25) is 0 Å². The fourth-order valence-electron chi connectivity index (χ4n) is 1.64. The summed E-state index contributed by atoms with van der Waals surface area (Å²) in [6, 6.07) is 8.25. The second-order valence-corrected chi connectivity index (χ2v) is 5.32. The van der Waals surface area contributed by atoms with Gasteiger partial charge >= 0.3 is 6.01 Å². The van der Waals surface area contributed by atoms with E-state index in [2.05, 4.69) is 36.2 Å². The maximum Gasteiger partial charge on any atom is 0.322 e. The lowest BCUT2D eigenvalue weighted by atomic mass is 10.1. The van der Waals surface area contributed by atoms with Crippen LogP contribution in [0.5, 0.6) is 6.01 Å². The number of halogens is 2. The van der Waals surface area contributed by atoms with Gasteiger partial charge in [0.25, 0.3) is 0 Å². The number of nitrogens with zero attached hydrogens (tertiary/aromatic N) is 3. The lowest BCUT2D eigenvalue weighted by Crippen LogP contribution is -2.11. The third-order valence-electron chi connectivity index (χ3n) is 2.56. The number of benzene rings is 1. The summed E-state index contributed by atoms with van der Waals surface area (Å²) in [5.74, 6) is 0.390. The summed E-state index contributed by atoms with van der Waals surface area (Å²) >= 11 is 9.30. The first-order chi connectivity index (χ1) is 9.58. The van der Waals surface area contributed by atoms with Crippen molar-refractivity contribution < 1.29 is 4.74 Å². The Balaban J connectivity index is 2.16. The molecule has 0 amide bonds. The smallest absolute Gasteiger partial charge is 0.322 e. The van der Waals surface area contributed by atoms with Crippen LogP contribution in [0, 0.1) is 0 Å². The van der Waals surface area contributed by atoms with E-state index in [1.807, 2.05) is 38.1 Å². The van der Waals surface area contributed by atoms with Gasteiger partial charge in [-0.05, 0) is 43.1 Å². The van der Waals surface area contributed by atoms with Crippen LogP contribution in [0.15, 0.2) is 28.7 Å². The predicted molar refractivity (Wildman–Crippen MR) is 82.2 cm³/mol. The molecule has 1 N–H and O–H groups in total. The van der Waals surface area contributed by atoms with E-state index >= 15 is 0 Å². The summed E-state index contributed by atoms with van der Waals surface area (Å²) in [5.41, 5.74) is 1.11. The van der Waals surface area contributed by atoms with Crippen molar-refractivity contribution in [2.75, 3.05) is 11.9 Å². The first-order valence-corrected chi connectivity index (χ1v) is 7.32. The third kappa shape index (κ3) is 4.05. The number of rotatable bonds is 5. The van der Waals surface area contributed by atoms with Crippen molar-refractivity contribution in [2.45, 2.75) is 19.9 Å². The van der Waals surface area contributed by atoms with Gasteiger partial charge in [0.05, 0.1) is 12.6 Å². The average Bonchev–Trinajstić information content (AvgIpc) is 2.38. The van der Waals surface area contributed by atoms with E-state index in [9.17, 15) is 0 Å². The Kier molecular flexibility index (Phi) is 5.14. The lowest BCUT2D eigenvalue weighted by Gasteiger charge is -2.14. The van der Waals surface area contributed by atoms with E-state index in [1.54, 1.807) is 0 Å². The highest BCUT2D eigenvalue weighted by Crippen LogP contribution is 2.21. The topological polar surface area (TPSA) is 59.9 Å². The van der Waals surface area contributed by atoms with Crippen molar-refractivity contribution >= 4 is 33.5 Å². The van der Waals surface area contributed by atoms with Crippen LogP contribution in [0.4, 0.5) is 5.95 Å². The molecule has 5 nitrogen and oxygen atoms in total. The maximum absolute atomic E-state index is 5.85. The Bertz CT molecular complexity index is 596. The number of aromatic nitrogens is 3. The van der Waals surface area contributed by atoms with Crippen LogP contribution >= 0.6 is 27.5 Å². The van der Waals surface area contributed by atoms with E-state index in [0.717, 1.165) is 10.0 Å². The van der Waals surface area contributed by atoms with Crippen molar-refractivity contribution in [3.05, 3.63) is 39.6 Å². The number of ether oxygens (including phenoxy) is 1. The van der Waals surface area contributed by atoms with Gasteiger partial charge in [-0.2, -0.15) is 15.0 Å². The van der Waals surface area contributed by atoms with Gasteiger partial charge in [-0.25, -0.2) is 0 Å². The third-order valence-corrected chi connectivity index (χ3v) is 3.22. The number of hydrogen-bond acceptors (Lipinski definition) is 5. The van der Waals surface area contributed by atoms with Crippen LogP contribution in [0.1, 0.15) is 25.5 Å². The van der Waals surface area contributed by atoms with Gasteiger partial charge in [0.1, 0.15) is 0 Å². The second kappa shape index (κ2) is 6.85. The standard InChI is InChI=1S/C13H14BrClN4O/c1-3-20-13-18-11(15)17-12(19-13)16-8(2)9-5-4-6-10(14)7-9/h4-8H,3H2,1-2H3,(H,16,17,18,19). The number of anilines is 1. The quantitative estimate of drug-likeness (QED) is 0.880. The van der Waals surface area contributed by atoms with Gasteiger partial charge < -0.3 is 10.1 Å². The molecule has 0 bridgehead atoms. The van der Waals surface area contributed by atoms with Crippen LogP contribution in [0.25, 0.3) is 0 Å². The first kappa shape index (κ1) is 15.0. The Morgan fingerprint density at radius 2 is 2.15 bits per heavy atom. The van der Waals surface area contributed by atoms with Crippen molar-refractivity contribution in [1.82, 2.24) is 15.0 Å². The van der Waals surface area contributed by atoms with Gasteiger partial charge in [0, 0.05) is 4.47 Å². The molecule has 0 saturated carbocycles. The second-order valence-electron chi connectivity index (χ2n) is 4.06. The molecule has 0 saturated heterocycles. The van der Waals surface area contributed by atoms with Crippen molar-refractivity contribution in [1.29, 1.82) is 0 Å². The molecule has 2 aromatic rings. The molecule has 7 heteroatoms. The number of nitrogens with one attached hydrogen (secondary N) is 1. The van der Waals surface area contributed by atoms with E-state index < -0.39 is 0 Å². The first-order valence-electron chi connectivity index (χ1n) is 6.15. The molecule has 0 spiro atoms.